The zero-order valence-electron chi connectivity index (χ0n) is 12.1. The molecule has 0 saturated heterocycles. The van der Waals surface area contributed by atoms with Crippen LogP contribution in [0.3, 0.4) is 0 Å². The van der Waals surface area contributed by atoms with Gasteiger partial charge in [0.05, 0.1) is 15.7 Å². The van der Waals surface area contributed by atoms with Crippen molar-refractivity contribution in [3.05, 3.63) is 47.0 Å². The number of hydrogen-bond donors (Lipinski definition) is 2. The van der Waals surface area contributed by atoms with Gasteiger partial charge in [-0.1, -0.05) is 23.2 Å². The third-order valence-corrected chi connectivity index (χ3v) is 2.98. The van der Waals surface area contributed by atoms with Crippen molar-refractivity contribution < 1.29 is 9.59 Å². The minimum atomic E-state index is 0.194. The summed E-state index contributed by atoms with van der Waals surface area (Å²) in [6.07, 6.45) is 6.69. The Hall–Kier alpha value is -2.84. The van der Waals surface area contributed by atoms with E-state index in [9.17, 15) is 0 Å². The fraction of sp³-hybridized carbons (Fsp3) is 0. The molecule has 0 aliphatic heterocycles. The van der Waals surface area contributed by atoms with Crippen LogP contribution in [0, 0.1) is 0 Å². The van der Waals surface area contributed by atoms with E-state index in [-0.39, 0.29) is 18.4 Å². The second kappa shape index (κ2) is 10.0. The molecule has 3 aromatic heterocycles. The Kier molecular flexibility index (Phi) is 8.03. The molecular weight excluding hydrogens is 355 g/mol. The standard InChI is InChI=1S/C7H4ClN3.C5H6ClN3.C2H2O2/c8-5-1-2-10-7-6(5)9-3-4-11-7;6-3-1-2-9-5(8)4(3)7;3-1-2-4/h1-4H;1-2H,7H2,(H2,8,9);1-2H. The maximum Gasteiger partial charge on any atom is 0.182 e. The number of nitrogen functional groups attached to an aromatic ring is 2. The molecular formula is C14H12Cl2N6O2. The number of halogens is 2. The van der Waals surface area contributed by atoms with Crippen LogP contribution in [0.4, 0.5) is 11.5 Å². The van der Waals surface area contributed by atoms with Gasteiger partial charge in [-0.25, -0.2) is 19.9 Å². The Bertz CT molecular complexity index is 800. The zero-order valence-corrected chi connectivity index (χ0v) is 13.6. The van der Waals surface area contributed by atoms with Gasteiger partial charge in [0.2, 0.25) is 0 Å². The highest BCUT2D eigenvalue weighted by Gasteiger charge is 1.99. The van der Waals surface area contributed by atoms with Crippen molar-refractivity contribution in [3.8, 4) is 0 Å². The monoisotopic (exact) mass is 366 g/mol. The maximum absolute atomic E-state index is 8.81. The number of carbonyl (C=O) groups excluding carboxylic acids is 2. The predicted molar refractivity (Wildman–Crippen MR) is 92.5 cm³/mol. The van der Waals surface area contributed by atoms with Crippen LogP contribution in [0.25, 0.3) is 11.2 Å². The minimum Gasteiger partial charge on any atom is -0.395 e. The highest BCUT2D eigenvalue weighted by Crippen LogP contribution is 2.21. The lowest BCUT2D eigenvalue weighted by Crippen LogP contribution is -1.96. The van der Waals surface area contributed by atoms with E-state index in [1.807, 2.05) is 0 Å². The van der Waals surface area contributed by atoms with E-state index in [4.69, 9.17) is 44.3 Å². The van der Waals surface area contributed by atoms with Gasteiger partial charge in [0.1, 0.15) is 11.3 Å². The van der Waals surface area contributed by atoms with E-state index in [2.05, 4.69) is 19.9 Å². The maximum atomic E-state index is 8.81. The van der Waals surface area contributed by atoms with Crippen LogP contribution < -0.4 is 11.5 Å². The smallest absolute Gasteiger partial charge is 0.182 e. The van der Waals surface area contributed by atoms with E-state index in [1.165, 1.54) is 6.20 Å². The third kappa shape index (κ3) is 5.75. The molecule has 0 atom stereocenters. The summed E-state index contributed by atoms with van der Waals surface area (Å²) in [6.45, 7) is 0. The Labute approximate surface area is 146 Å². The number of aldehydes is 2. The first kappa shape index (κ1) is 19.2. The molecule has 0 aliphatic rings. The first-order chi connectivity index (χ1) is 11.5. The van der Waals surface area contributed by atoms with Crippen LogP contribution in [-0.4, -0.2) is 32.5 Å². The summed E-state index contributed by atoms with van der Waals surface area (Å²) in [5.74, 6) is 0.280. The Morgan fingerprint density at radius 1 is 0.792 bits per heavy atom. The summed E-state index contributed by atoms with van der Waals surface area (Å²) < 4.78 is 0. The normalized spacial score (nSPS) is 9.08. The number of pyridine rings is 2. The van der Waals surface area contributed by atoms with Crippen molar-refractivity contribution in [2.24, 2.45) is 0 Å². The summed E-state index contributed by atoms with van der Waals surface area (Å²) in [7, 11) is 0. The van der Waals surface area contributed by atoms with Crippen LogP contribution in [0.1, 0.15) is 0 Å². The van der Waals surface area contributed by atoms with Crippen LogP contribution in [0.15, 0.2) is 36.9 Å². The molecule has 10 heteroatoms. The SMILES string of the molecule is Clc1ccnc2nccnc12.Nc1nccc(Cl)c1N.O=CC=O. The lowest BCUT2D eigenvalue weighted by atomic mass is 10.4. The summed E-state index contributed by atoms with van der Waals surface area (Å²) >= 11 is 11.4. The molecule has 0 amide bonds. The Balaban J connectivity index is 0.000000201. The molecule has 0 aliphatic carbocycles. The molecule has 0 saturated carbocycles. The van der Waals surface area contributed by atoms with Crippen LogP contribution in [-0.2, 0) is 9.59 Å². The van der Waals surface area contributed by atoms with Crippen molar-refractivity contribution >= 4 is 58.4 Å². The first-order valence-electron chi connectivity index (χ1n) is 6.26. The van der Waals surface area contributed by atoms with Gasteiger partial charge in [-0.05, 0) is 12.1 Å². The highest BCUT2D eigenvalue weighted by molar-refractivity contribution is 6.34. The van der Waals surface area contributed by atoms with Crippen molar-refractivity contribution in [2.75, 3.05) is 11.5 Å². The molecule has 0 aromatic carbocycles. The molecule has 3 aromatic rings. The summed E-state index contributed by atoms with van der Waals surface area (Å²) in [6, 6.07) is 3.28. The predicted octanol–water partition coefficient (Wildman–Crippen LogP) is 1.96. The quantitative estimate of drug-likeness (QED) is 0.492. The van der Waals surface area contributed by atoms with Crippen molar-refractivity contribution in [3.63, 3.8) is 0 Å². The third-order valence-electron chi connectivity index (χ3n) is 2.35. The highest BCUT2D eigenvalue weighted by atomic mass is 35.5. The van der Waals surface area contributed by atoms with E-state index < -0.39 is 0 Å². The topological polar surface area (TPSA) is 138 Å². The lowest BCUT2D eigenvalue weighted by molar-refractivity contribution is -0.122. The molecule has 0 spiro atoms. The number of fused-ring (bicyclic) bond motifs is 1. The summed E-state index contributed by atoms with van der Waals surface area (Å²) in [4.78, 5) is 33.3. The van der Waals surface area contributed by atoms with E-state index in [0.717, 1.165) is 0 Å². The number of anilines is 2. The number of aromatic nitrogens is 4. The van der Waals surface area contributed by atoms with Crippen LogP contribution in [0.2, 0.25) is 10.0 Å². The molecule has 0 fully saturated rings. The van der Waals surface area contributed by atoms with Gasteiger partial charge >= 0.3 is 0 Å². The van der Waals surface area contributed by atoms with Gasteiger partial charge in [-0.15, -0.1) is 0 Å². The zero-order chi connectivity index (χ0) is 17.9. The van der Waals surface area contributed by atoms with Gasteiger partial charge in [-0.3, -0.25) is 9.59 Å². The largest absolute Gasteiger partial charge is 0.395 e. The Morgan fingerprint density at radius 3 is 1.88 bits per heavy atom. The number of nitrogens with two attached hydrogens (primary N) is 2. The number of hydrogen-bond acceptors (Lipinski definition) is 8. The van der Waals surface area contributed by atoms with E-state index in [1.54, 1.807) is 30.7 Å². The van der Waals surface area contributed by atoms with Gasteiger partial charge in [-0.2, -0.15) is 0 Å². The van der Waals surface area contributed by atoms with Crippen molar-refractivity contribution in [1.82, 2.24) is 19.9 Å². The van der Waals surface area contributed by atoms with Crippen molar-refractivity contribution in [1.29, 1.82) is 0 Å². The van der Waals surface area contributed by atoms with Gasteiger partial charge in [0.15, 0.2) is 18.2 Å². The fourth-order valence-corrected chi connectivity index (χ4v) is 1.65. The van der Waals surface area contributed by atoms with E-state index in [0.29, 0.717) is 26.9 Å². The average Bonchev–Trinajstić information content (AvgIpc) is 2.61. The average molecular weight is 367 g/mol. The molecule has 0 bridgehead atoms. The molecule has 0 unspecified atom stereocenters. The fourth-order valence-electron chi connectivity index (χ4n) is 1.31. The number of nitrogens with zero attached hydrogens (tertiary/aromatic N) is 4. The molecule has 8 nitrogen and oxygen atoms in total. The Morgan fingerprint density at radius 2 is 1.33 bits per heavy atom. The van der Waals surface area contributed by atoms with Crippen LogP contribution >= 0.6 is 23.2 Å². The lowest BCUT2D eigenvalue weighted by Gasteiger charge is -1.97. The molecule has 0 radical (unpaired) electrons. The van der Waals surface area contributed by atoms with Crippen molar-refractivity contribution in [2.45, 2.75) is 0 Å². The first-order valence-corrected chi connectivity index (χ1v) is 7.02. The van der Waals surface area contributed by atoms with E-state index >= 15 is 0 Å². The van der Waals surface area contributed by atoms with Gasteiger partial charge < -0.3 is 11.5 Å². The number of rotatable bonds is 1. The molecule has 124 valence electrons. The molecule has 3 rings (SSSR count). The number of carbonyl (C=O) groups is 2. The van der Waals surface area contributed by atoms with Crippen LogP contribution in [0.5, 0.6) is 0 Å². The molecule has 24 heavy (non-hydrogen) atoms. The molecule has 3 heterocycles. The summed E-state index contributed by atoms with van der Waals surface area (Å²) in [5.41, 5.74) is 12.2. The second-order valence-corrected chi connectivity index (χ2v) is 4.70. The van der Waals surface area contributed by atoms with Gasteiger partial charge in [0.25, 0.3) is 0 Å². The minimum absolute atomic E-state index is 0.194. The van der Waals surface area contributed by atoms with Gasteiger partial charge in [0, 0.05) is 24.8 Å². The second-order valence-electron chi connectivity index (χ2n) is 3.89. The summed E-state index contributed by atoms with van der Waals surface area (Å²) in [5, 5.41) is 1.03. The molecule has 4 N–H and O–H groups in total.